The van der Waals surface area contributed by atoms with Gasteiger partial charge in [0.2, 0.25) is 0 Å². The molecule has 6 heteroatoms. The lowest BCUT2D eigenvalue weighted by atomic mass is 10.2. The molecule has 0 aliphatic carbocycles. The number of halogens is 4. The predicted octanol–water partition coefficient (Wildman–Crippen LogP) is 4.06. The van der Waals surface area contributed by atoms with Gasteiger partial charge in [0.1, 0.15) is 0 Å². The van der Waals surface area contributed by atoms with E-state index in [-0.39, 0.29) is 6.10 Å². The number of hydrogen-bond donors (Lipinski definition) is 1. The van der Waals surface area contributed by atoms with Crippen molar-refractivity contribution in [1.82, 2.24) is 0 Å². The van der Waals surface area contributed by atoms with Crippen LogP contribution in [0.25, 0.3) is 0 Å². The first-order valence-corrected chi connectivity index (χ1v) is 6.48. The molecule has 1 aromatic rings. The number of benzene rings is 1. The zero-order valence-electron chi connectivity index (χ0n) is 9.56. The molecular formula is C12H13BrF3NO. The Kier molecular flexibility index (Phi) is 4.17. The maximum absolute atomic E-state index is 12.6. The van der Waals surface area contributed by atoms with E-state index in [9.17, 15) is 13.2 Å². The van der Waals surface area contributed by atoms with Crippen molar-refractivity contribution in [3.05, 3.63) is 28.2 Å². The van der Waals surface area contributed by atoms with Gasteiger partial charge in [0.05, 0.1) is 11.7 Å². The molecule has 1 heterocycles. The molecule has 1 unspecified atom stereocenters. The molecule has 18 heavy (non-hydrogen) atoms. The van der Waals surface area contributed by atoms with E-state index in [0.717, 1.165) is 31.6 Å². The van der Waals surface area contributed by atoms with Crippen LogP contribution in [0.15, 0.2) is 22.7 Å². The van der Waals surface area contributed by atoms with Crippen molar-refractivity contribution in [2.24, 2.45) is 0 Å². The Labute approximate surface area is 112 Å². The van der Waals surface area contributed by atoms with Gasteiger partial charge in [-0.1, -0.05) is 0 Å². The summed E-state index contributed by atoms with van der Waals surface area (Å²) >= 11 is 3.24. The molecule has 2 nitrogen and oxygen atoms in total. The van der Waals surface area contributed by atoms with Gasteiger partial charge in [-0.15, -0.1) is 0 Å². The van der Waals surface area contributed by atoms with Crippen molar-refractivity contribution in [3.8, 4) is 0 Å². The SMILES string of the molecule is FC(F)(F)c1ccc(Br)c(NCC2CCCO2)c1. The Morgan fingerprint density at radius 2 is 2.17 bits per heavy atom. The van der Waals surface area contributed by atoms with Crippen LogP contribution < -0.4 is 5.32 Å². The average molecular weight is 324 g/mol. The second kappa shape index (κ2) is 5.48. The number of anilines is 1. The highest BCUT2D eigenvalue weighted by molar-refractivity contribution is 9.10. The van der Waals surface area contributed by atoms with E-state index in [1.807, 2.05) is 0 Å². The quantitative estimate of drug-likeness (QED) is 0.905. The Hall–Kier alpha value is -0.750. The summed E-state index contributed by atoms with van der Waals surface area (Å²) in [5, 5.41) is 3.00. The van der Waals surface area contributed by atoms with E-state index in [2.05, 4.69) is 21.2 Å². The molecule has 1 fully saturated rings. The maximum atomic E-state index is 12.6. The van der Waals surface area contributed by atoms with Gasteiger partial charge >= 0.3 is 6.18 Å². The molecule has 0 radical (unpaired) electrons. The lowest BCUT2D eigenvalue weighted by Gasteiger charge is -2.15. The van der Waals surface area contributed by atoms with Crippen LogP contribution in [-0.4, -0.2) is 19.3 Å². The van der Waals surface area contributed by atoms with E-state index >= 15 is 0 Å². The summed E-state index contributed by atoms with van der Waals surface area (Å²) in [6.45, 7) is 1.26. The molecule has 0 bridgehead atoms. The van der Waals surface area contributed by atoms with Crippen LogP contribution in [0.4, 0.5) is 18.9 Å². The maximum Gasteiger partial charge on any atom is 0.416 e. The van der Waals surface area contributed by atoms with Crippen LogP contribution in [0.5, 0.6) is 0 Å². The van der Waals surface area contributed by atoms with Gasteiger partial charge in [-0.3, -0.25) is 0 Å². The fourth-order valence-electron chi connectivity index (χ4n) is 1.87. The molecule has 0 spiro atoms. The van der Waals surface area contributed by atoms with Gasteiger partial charge in [0.25, 0.3) is 0 Å². The number of nitrogens with one attached hydrogen (secondary N) is 1. The summed E-state index contributed by atoms with van der Waals surface area (Å²) in [7, 11) is 0. The van der Waals surface area contributed by atoms with Crippen molar-refractivity contribution in [3.63, 3.8) is 0 Å². The van der Waals surface area contributed by atoms with Crippen molar-refractivity contribution in [1.29, 1.82) is 0 Å². The standard InChI is InChI=1S/C12H13BrF3NO/c13-10-4-3-8(12(14,15)16)6-11(10)17-7-9-2-1-5-18-9/h3-4,6,9,17H,1-2,5,7H2. The van der Waals surface area contributed by atoms with E-state index in [1.165, 1.54) is 6.07 Å². The first-order chi connectivity index (χ1) is 8.47. The lowest BCUT2D eigenvalue weighted by Crippen LogP contribution is -2.19. The predicted molar refractivity (Wildman–Crippen MR) is 66.6 cm³/mol. The smallest absolute Gasteiger partial charge is 0.382 e. The Bertz CT molecular complexity index is 416. The van der Waals surface area contributed by atoms with E-state index < -0.39 is 11.7 Å². The molecule has 1 N–H and O–H groups in total. The highest BCUT2D eigenvalue weighted by Crippen LogP contribution is 2.34. The number of ether oxygens (including phenoxy) is 1. The van der Waals surface area contributed by atoms with E-state index in [0.29, 0.717) is 16.7 Å². The minimum Gasteiger partial charge on any atom is -0.382 e. The molecular weight excluding hydrogens is 311 g/mol. The molecule has 100 valence electrons. The van der Waals surface area contributed by atoms with E-state index in [4.69, 9.17) is 4.74 Å². The van der Waals surface area contributed by atoms with Crippen LogP contribution in [0.2, 0.25) is 0 Å². The summed E-state index contributed by atoms with van der Waals surface area (Å²) in [6, 6.07) is 3.57. The minimum atomic E-state index is -4.32. The van der Waals surface area contributed by atoms with E-state index in [1.54, 1.807) is 0 Å². The van der Waals surface area contributed by atoms with Crippen LogP contribution in [-0.2, 0) is 10.9 Å². The van der Waals surface area contributed by atoms with Gasteiger partial charge in [0.15, 0.2) is 0 Å². The first-order valence-electron chi connectivity index (χ1n) is 5.69. The van der Waals surface area contributed by atoms with Gasteiger partial charge in [0, 0.05) is 23.3 Å². The minimum absolute atomic E-state index is 0.0893. The third-order valence-electron chi connectivity index (χ3n) is 2.84. The summed E-state index contributed by atoms with van der Waals surface area (Å²) in [5.74, 6) is 0. The second-order valence-corrected chi connectivity index (χ2v) is 5.06. The van der Waals surface area contributed by atoms with Gasteiger partial charge in [-0.25, -0.2) is 0 Å². The largest absolute Gasteiger partial charge is 0.416 e. The Morgan fingerprint density at radius 1 is 1.39 bits per heavy atom. The molecule has 1 aromatic carbocycles. The monoisotopic (exact) mass is 323 g/mol. The van der Waals surface area contributed by atoms with Crippen molar-refractivity contribution < 1.29 is 17.9 Å². The van der Waals surface area contributed by atoms with Crippen LogP contribution in [0, 0.1) is 0 Å². The Morgan fingerprint density at radius 3 is 2.78 bits per heavy atom. The Balaban J connectivity index is 2.06. The highest BCUT2D eigenvalue weighted by atomic mass is 79.9. The fraction of sp³-hybridized carbons (Fsp3) is 0.500. The molecule has 2 rings (SSSR count). The van der Waals surface area contributed by atoms with Crippen molar-refractivity contribution >= 4 is 21.6 Å². The first kappa shape index (κ1) is 13.7. The zero-order chi connectivity index (χ0) is 13.2. The van der Waals surface area contributed by atoms with Gasteiger partial charge < -0.3 is 10.1 Å². The molecule has 0 aromatic heterocycles. The third kappa shape index (κ3) is 3.38. The van der Waals surface area contributed by atoms with Crippen LogP contribution in [0.3, 0.4) is 0 Å². The summed E-state index contributed by atoms with van der Waals surface area (Å²) in [5.41, 5.74) is -0.208. The highest BCUT2D eigenvalue weighted by Gasteiger charge is 2.31. The molecule has 0 amide bonds. The molecule has 1 aliphatic heterocycles. The second-order valence-electron chi connectivity index (χ2n) is 4.21. The average Bonchev–Trinajstić information content (AvgIpc) is 2.79. The zero-order valence-corrected chi connectivity index (χ0v) is 11.1. The van der Waals surface area contributed by atoms with Gasteiger partial charge in [-0.2, -0.15) is 13.2 Å². The summed E-state index contributed by atoms with van der Waals surface area (Å²) < 4.78 is 43.8. The number of hydrogen-bond acceptors (Lipinski definition) is 2. The van der Waals surface area contributed by atoms with Crippen LogP contribution in [0.1, 0.15) is 18.4 Å². The van der Waals surface area contributed by atoms with Gasteiger partial charge in [-0.05, 0) is 47.0 Å². The fourth-order valence-corrected chi connectivity index (χ4v) is 2.25. The van der Waals surface area contributed by atoms with Crippen molar-refractivity contribution in [2.75, 3.05) is 18.5 Å². The van der Waals surface area contributed by atoms with Crippen molar-refractivity contribution in [2.45, 2.75) is 25.1 Å². The summed E-state index contributed by atoms with van der Waals surface area (Å²) in [6.07, 6.45) is -2.27. The molecule has 1 aliphatic rings. The number of rotatable bonds is 3. The number of alkyl halides is 3. The summed E-state index contributed by atoms with van der Waals surface area (Å²) in [4.78, 5) is 0. The lowest BCUT2D eigenvalue weighted by molar-refractivity contribution is -0.137. The molecule has 1 saturated heterocycles. The van der Waals surface area contributed by atoms with Crippen LogP contribution >= 0.6 is 15.9 Å². The molecule has 1 atom stereocenters. The molecule has 0 saturated carbocycles. The third-order valence-corrected chi connectivity index (χ3v) is 3.53. The normalized spacial score (nSPS) is 20.1. The topological polar surface area (TPSA) is 21.3 Å².